The van der Waals surface area contributed by atoms with Crippen molar-refractivity contribution in [3.05, 3.63) is 30.4 Å². The molecule has 0 saturated heterocycles. The first-order valence-electron chi connectivity index (χ1n) is 10.5. The van der Waals surface area contributed by atoms with Crippen LogP contribution in [0.1, 0.15) is 64.8 Å². The molecule has 0 aromatic carbocycles. The van der Waals surface area contributed by atoms with Gasteiger partial charge in [-0.1, -0.05) is 19.4 Å². The maximum absolute atomic E-state index is 12.1. The van der Waals surface area contributed by atoms with Crippen LogP contribution in [-0.4, -0.2) is 22.0 Å². The van der Waals surface area contributed by atoms with Gasteiger partial charge in [-0.3, -0.25) is 4.79 Å². The molecule has 4 nitrogen and oxygen atoms in total. The van der Waals surface area contributed by atoms with E-state index in [4.69, 9.17) is 0 Å². The van der Waals surface area contributed by atoms with Gasteiger partial charge >= 0.3 is 0 Å². The van der Waals surface area contributed by atoms with Crippen molar-refractivity contribution < 1.29 is 4.79 Å². The van der Waals surface area contributed by atoms with Crippen LogP contribution in [0, 0.1) is 28.6 Å². The summed E-state index contributed by atoms with van der Waals surface area (Å²) in [5.41, 5.74) is 2.05. The fraction of sp³-hybridized carbons (Fsp3) is 0.727. The number of hydrogen-bond donors (Lipinski definition) is 1. The zero-order chi connectivity index (χ0) is 17.9. The molecule has 6 unspecified atom stereocenters. The lowest BCUT2D eigenvalue weighted by molar-refractivity contribution is -0.116. The van der Waals surface area contributed by atoms with Gasteiger partial charge in [0.1, 0.15) is 0 Å². The number of carbonyl (C=O) groups is 1. The lowest BCUT2D eigenvalue weighted by Crippen LogP contribution is -2.49. The second kappa shape index (κ2) is 5.71. The van der Waals surface area contributed by atoms with Crippen LogP contribution in [0.3, 0.4) is 0 Å². The number of fused-ring (bicyclic) bond motifs is 5. The van der Waals surface area contributed by atoms with E-state index in [1.54, 1.807) is 0 Å². The third-order valence-corrected chi connectivity index (χ3v) is 8.82. The Labute approximate surface area is 156 Å². The predicted octanol–water partition coefficient (Wildman–Crippen LogP) is 4.11. The normalized spacial score (nSPS) is 45.0. The Balaban J connectivity index is 1.48. The molecule has 26 heavy (non-hydrogen) atoms. The molecule has 1 aliphatic heterocycles. The Hall–Kier alpha value is -1.58. The Morgan fingerprint density at radius 2 is 2.04 bits per heavy atom. The molecular weight excluding hydrogens is 322 g/mol. The molecular formula is C22H31N3O. The lowest BCUT2D eigenvalue weighted by Gasteiger charge is -2.57. The van der Waals surface area contributed by atoms with Gasteiger partial charge in [-0.2, -0.15) is 0 Å². The smallest absolute Gasteiger partial charge is 0.243 e. The van der Waals surface area contributed by atoms with Crippen LogP contribution in [0.25, 0.3) is 0 Å². The number of hydrogen-bond acceptors (Lipinski definition) is 2. The van der Waals surface area contributed by atoms with E-state index in [-0.39, 0.29) is 11.3 Å². The number of nitrogens with zero attached hydrogens (tertiary/aromatic N) is 2. The molecule has 140 valence electrons. The molecule has 0 radical (unpaired) electrons. The van der Waals surface area contributed by atoms with Gasteiger partial charge in [0.15, 0.2) is 0 Å². The third kappa shape index (κ3) is 2.20. The predicted molar refractivity (Wildman–Crippen MR) is 101 cm³/mol. The lowest BCUT2D eigenvalue weighted by atomic mass is 9.48. The standard InChI is InChI=1S/C22H31N3O/c1-21-9-10-24-20(26)13-15(21)3-4-16-17-5-6-19(25-12-11-23-14-25)22(17,2)8-7-18(16)21/h11-14,16-19H,3-10H2,1-2H3,(H,24,26). The largest absolute Gasteiger partial charge is 0.353 e. The van der Waals surface area contributed by atoms with Crippen molar-refractivity contribution >= 4 is 5.91 Å². The molecule has 4 heteroatoms. The Morgan fingerprint density at radius 1 is 1.15 bits per heavy atom. The SMILES string of the molecule is CC12CCNC(=O)C=C1CCC1C2CCC2(C)C1CCC2n1ccnc1. The second-order valence-corrected chi connectivity index (χ2v) is 9.69. The molecule has 0 bridgehead atoms. The van der Waals surface area contributed by atoms with Gasteiger partial charge in [-0.25, -0.2) is 4.98 Å². The molecule has 1 amide bonds. The molecule has 4 aliphatic rings. The highest BCUT2D eigenvalue weighted by Crippen LogP contribution is 2.66. The number of carbonyl (C=O) groups excluding carboxylic acids is 1. The van der Waals surface area contributed by atoms with Crippen molar-refractivity contribution in [3.8, 4) is 0 Å². The maximum atomic E-state index is 12.1. The summed E-state index contributed by atoms with van der Waals surface area (Å²) in [6, 6.07) is 0.609. The van der Waals surface area contributed by atoms with E-state index in [1.165, 1.54) is 37.7 Å². The highest BCUT2D eigenvalue weighted by atomic mass is 16.1. The van der Waals surface area contributed by atoms with Crippen molar-refractivity contribution in [1.29, 1.82) is 0 Å². The van der Waals surface area contributed by atoms with E-state index in [2.05, 4.69) is 34.9 Å². The average Bonchev–Trinajstić information content (AvgIpc) is 3.20. The van der Waals surface area contributed by atoms with Crippen molar-refractivity contribution in [2.75, 3.05) is 6.54 Å². The Bertz CT molecular complexity index is 739. The summed E-state index contributed by atoms with van der Waals surface area (Å²) in [6.07, 6.45) is 16.8. The van der Waals surface area contributed by atoms with Gasteiger partial charge < -0.3 is 9.88 Å². The minimum Gasteiger partial charge on any atom is -0.353 e. The first-order chi connectivity index (χ1) is 12.5. The highest BCUT2D eigenvalue weighted by molar-refractivity contribution is 5.88. The molecule has 6 atom stereocenters. The minimum absolute atomic E-state index is 0.129. The number of aromatic nitrogens is 2. The van der Waals surface area contributed by atoms with E-state index in [0.29, 0.717) is 11.5 Å². The van der Waals surface area contributed by atoms with Gasteiger partial charge in [-0.15, -0.1) is 0 Å². The fourth-order valence-electron chi connectivity index (χ4n) is 7.48. The molecule has 1 aromatic rings. The van der Waals surface area contributed by atoms with Crippen LogP contribution in [0.4, 0.5) is 0 Å². The summed E-state index contributed by atoms with van der Waals surface area (Å²) >= 11 is 0. The summed E-state index contributed by atoms with van der Waals surface area (Å²) in [4.78, 5) is 16.4. The molecule has 3 aliphatic carbocycles. The fourth-order valence-corrected chi connectivity index (χ4v) is 7.48. The zero-order valence-corrected chi connectivity index (χ0v) is 16.1. The van der Waals surface area contributed by atoms with Crippen LogP contribution >= 0.6 is 0 Å². The van der Waals surface area contributed by atoms with Crippen molar-refractivity contribution in [3.63, 3.8) is 0 Å². The van der Waals surface area contributed by atoms with Crippen LogP contribution in [0.15, 0.2) is 30.4 Å². The first-order valence-corrected chi connectivity index (χ1v) is 10.5. The average molecular weight is 354 g/mol. The number of imidazole rings is 1. The third-order valence-electron chi connectivity index (χ3n) is 8.82. The van der Waals surface area contributed by atoms with Gasteiger partial charge in [-0.05, 0) is 73.5 Å². The van der Waals surface area contributed by atoms with E-state index < -0.39 is 0 Å². The van der Waals surface area contributed by atoms with Crippen molar-refractivity contribution in [2.45, 2.75) is 64.8 Å². The summed E-state index contributed by atoms with van der Waals surface area (Å²) < 4.78 is 2.38. The second-order valence-electron chi connectivity index (χ2n) is 9.69. The molecule has 1 N–H and O–H groups in total. The number of allylic oxidation sites excluding steroid dienone is 1. The summed E-state index contributed by atoms with van der Waals surface area (Å²) in [6.45, 7) is 5.84. The number of rotatable bonds is 1. The minimum atomic E-state index is 0.129. The van der Waals surface area contributed by atoms with Crippen LogP contribution in [0.2, 0.25) is 0 Å². The number of amides is 1. The maximum Gasteiger partial charge on any atom is 0.243 e. The Kier molecular flexibility index (Phi) is 3.64. The van der Waals surface area contributed by atoms with Crippen LogP contribution in [-0.2, 0) is 4.79 Å². The van der Waals surface area contributed by atoms with Crippen molar-refractivity contribution in [1.82, 2.24) is 14.9 Å². The summed E-state index contributed by atoms with van der Waals surface area (Å²) in [5.74, 6) is 2.51. The molecule has 1 aromatic heterocycles. The molecule has 3 saturated carbocycles. The van der Waals surface area contributed by atoms with Gasteiger partial charge in [0, 0.05) is 31.1 Å². The quantitative estimate of drug-likeness (QED) is 0.826. The highest BCUT2D eigenvalue weighted by Gasteiger charge is 2.59. The first kappa shape index (κ1) is 16.6. The van der Waals surface area contributed by atoms with Crippen LogP contribution < -0.4 is 5.32 Å². The van der Waals surface area contributed by atoms with Gasteiger partial charge in [0.05, 0.1) is 6.33 Å². The van der Waals surface area contributed by atoms with E-state index in [0.717, 1.165) is 37.1 Å². The van der Waals surface area contributed by atoms with E-state index in [1.807, 2.05) is 18.6 Å². The van der Waals surface area contributed by atoms with Crippen molar-refractivity contribution in [2.24, 2.45) is 28.6 Å². The Morgan fingerprint density at radius 3 is 2.85 bits per heavy atom. The van der Waals surface area contributed by atoms with Crippen LogP contribution in [0.5, 0.6) is 0 Å². The monoisotopic (exact) mass is 353 g/mol. The van der Waals surface area contributed by atoms with Gasteiger partial charge in [0.25, 0.3) is 0 Å². The summed E-state index contributed by atoms with van der Waals surface area (Å²) in [5, 5.41) is 3.08. The molecule has 2 heterocycles. The molecule has 3 fully saturated rings. The van der Waals surface area contributed by atoms with E-state index >= 15 is 0 Å². The van der Waals surface area contributed by atoms with Gasteiger partial charge in [0.2, 0.25) is 5.91 Å². The zero-order valence-electron chi connectivity index (χ0n) is 16.1. The topological polar surface area (TPSA) is 46.9 Å². The summed E-state index contributed by atoms with van der Waals surface area (Å²) in [7, 11) is 0. The number of nitrogens with one attached hydrogen (secondary N) is 1. The molecule has 0 spiro atoms. The molecule has 5 rings (SSSR count). The van der Waals surface area contributed by atoms with E-state index in [9.17, 15) is 4.79 Å².